The van der Waals surface area contributed by atoms with E-state index in [1.54, 1.807) is 11.8 Å². The number of hydrogen-bond acceptors (Lipinski definition) is 7. The van der Waals surface area contributed by atoms with Crippen LogP contribution < -0.4 is 0 Å². The van der Waals surface area contributed by atoms with Crippen LogP contribution in [0.3, 0.4) is 0 Å². The van der Waals surface area contributed by atoms with E-state index in [1.807, 2.05) is 91.0 Å². The number of amides is 1. The third-order valence-electron chi connectivity index (χ3n) is 6.85. The van der Waals surface area contributed by atoms with E-state index in [9.17, 15) is 15.0 Å². The number of morpholine rings is 1. The fourth-order valence-corrected chi connectivity index (χ4v) is 4.64. The molecular weight excluding hydrogens is 510 g/mol. The van der Waals surface area contributed by atoms with E-state index in [0.717, 1.165) is 16.7 Å². The zero-order valence-electron chi connectivity index (χ0n) is 22.9. The fraction of sp³-hybridized carbons (Fsp3) is 0.406. The Morgan fingerprint density at radius 3 is 1.82 bits per heavy atom. The van der Waals surface area contributed by atoms with Gasteiger partial charge in [-0.2, -0.15) is 0 Å². The number of aliphatic hydroxyl groups excluding tert-OH is 1. The predicted octanol–water partition coefficient (Wildman–Crippen LogP) is 3.34. The first-order valence-corrected chi connectivity index (χ1v) is 13.6. The first-order chi connectivity index (χ1) is 19.4. The zero-order chi connectivity index (χ0) is 28.2. The average Bonchev–Trinajstić information content (AvgIpc) is 2.99. The highest BCUT2D eigenvalue weighted by molar-refractivity contribution is 5.81. The summed E-state index contributed by atoms with van der Waals surface area (Å²) < 4.78 is 23.5. The van der Waals surface area contributed by atoms with Gasteiger partial charge in [-0.15, -0.1) is 0 Å². The van der Waals surface area contributed by atoms with Gasteiger partial charge in [0.1, 0.15) is 17.8 Å². The maximum atomic E-state index is 13.7. The molecule has 1 amide bonds. The number of carbonyl (C=O) groups is 1. The molecule has 1 unspecified atom stereocenters. The van der Waals surface area contributed by atoms with Crippen molar-refractivity contribution >= 4 is 5.91 Å². The second-order valence-corrected chi connectivity index (χ2v) is 10.2. The molecule has 8 heteroatoms. The minimum atomic E-state index is -1.65. The molecule has 4 atom stereocenters. The summed E-state index contributed by atoms with van der Waals surface area (Å²) in [6, 6.07) is 28.5. The quantitative estimate of drug-likeness (QED) is 0.318. The van der Waals surface area contributed by atoms with Crippen molar-refractivity contribution in [3.63, 3.8) is 0 Å². The van der Waals surface area contributed by atoms with Gasteiger partial charge in [-0.05, 0) is 23.6 Å². The summed E-state index contributed by atoms with van der Waals surface area (Å²) in [6.07, 6.45) is -3.97. The van der Waals surface area contributed by atoms with Crippen LogP contribution in [0, 0.1) is 0 Å². The van der Waals surface area contributed by atoms with Gasteiger partial charge in [-0.25, -0.2) is 0 Å². The highest BCUT2D eigenvalue weighted by atomic mass is 16.5. The molecule has 1 saturated heterocycles. The number of nitrogens with zero attached hydrogens (tertiary/aromatic N) is 1. The second kappa shape index (κ2) is 15.0. The monoisotopic (exact) mass is 549 g/mol. The van der Waals surface area contributed by atoms with Crippen LogP contribution in [0.2, 0.25) is 0 Å². The molecule has 0 spiro atoms. The number of benzene rings is 3. The summed E-state index contributed by atoms with van der Waals surface area (Å²) in [6.45, 7) is 3.52. The Labute approximate surface area is 236 Å². The van der Waals surface area contributed by atoms with E-state index in [0.29, 0.717) is 26.3 Å². The molecule has 1 fully saturated rings. The molecule has 3 aromatic carbocycles. The second-order valence-electron chi connectivity index (χ2n) is 10.2. The number of rotatable bonds is 14. The molecule has 0 bridgehead atoms. The van der Waals surface area contributed by atoms with Crippen molar-refractivity contribution in [1.29, 1.82) is 0 Å². The normalized spacial score (nSPS) is 17.5. The first-order valence-electron chi connectivity index (χ1n) is 13.6. The van der Waals surface area contributed by atoms with Crippen LogP contribution in [0.25, 0.3) is 0 Å². The number of aliphatic hydroxyl groups is 2. The molecule has 1 aliphatic heterocycles. The van der Waals surface area contributed by atoms with E-state index in [1.165, 1.54) is 0 Å². The summed E-state index contributed by atoms with van der Waals surface area (Å²) >= 11 is 0. The molecule has 0 aromatic heterocycles. The zero-order valence-corrected chi connectivity index (χ0v) is 22.9. The third-order valence-corrected chi connectivity index (χ3v) is 6.85. The molecule has 0 aliphatic carbocycles. The van der Waals surface area contributed by atoms with Crippen molar-refractivity contribution in [3.8, 4) is 0 Å². The van der Waals surface area contributed by atoms with Crippen molar-refractivity contribution < 1.29 is 34.0 Å². The predicted molar refractivity (Wildman–Crippen MR) is 150 cm³/mol. The van der Waals surface area contributed by atoms with Gasteiger partial charge in [-0.3, -0.25) is 4.79 Å². The first kappa shape index (κ1) is 29.9. The van der Waals surface area contributed by atoms with Gasteiger partial charge in [0.25, 0.3) is 5.91 Å². The largest absolute Gasteiger partial charge is 0.387 e. The van der Waals surface area contributed by atoms with Crippen molar-refractivity contribution in [2.75, 3.05) is 32.9 Å². The molecule has 2 N–H and O–H groups in total. The Hall–Kier alpha value is -3.11. The van der Waals surface area contributed by atoms with Crippen molar-refractivity contribution in [1.82, 2.24) is 4.90 Å². The lowest BCUT2D eigenvalue weighted by atomic mass is 9.91. The van der Waals surface area contributed by atoms with Crippen molar-refractivity contribution in [2.24, 2.45) is 0 Å². The minimum absolute atomic E-state index is 0.108. The maximum absolute atomic E-state index is 13.7. The molecule has 4 rings (SSSR count). The number of hydrogen-bond donors (Lipinski definition) is 2. The molecule has 0 saturated carbocycles. The fourth-order valence-electron chi connectivity index (χ4n) is 4.64. The van der Waals surface area contributed by atoms with Crippen LogP contribution in [0.5, 0.6) is 0 Å². The molecule has 1 heterocycles. The van der Waals surface area contributed by atoms with Gasteiger partial charge >= 0.3 is 0 Å². The van der Waals surface area contributed by atoms with Gasteiger partial charge in [0.2, 0.25) is 0 Å². The summed E-state index contributed by atoms with van der Waals surface area (Å²) in [5.74, 6) is -0.374. The van der Waals surface area contributed by atoms with E-state index in [4.69, 9.17) is 18.9 Å². The van der Waals surface area contributed by atoms with Gasteiger partial charge in [-0.1, -0.05) is 91.0 Å². The summed E-state index contributed by atoms with van der Waals surface area (Å²) in [4.78, 5) is 15.3. The Morgan fingerprint density at radius 1 is 0.825 bits per heavy atom. The summed E-state index contributed by atoms with van der Waals surface area (Å²) in [5.41, 5.74) is 1.02. The highest BCUT2D eigenvalue weighted by Crippen LogP contribution is 2.25. The van der Waals surface area contributed by atoms with Crippen LogP contribution in [0.4, 0.5) is 0 Å². The van der Waals surface area contributed by atoms with Crippen molar-refractivity contribution in [3.05, 3.63) is 108 Å². The number of ether oxygens (including phenoxy) is 4. The van der Waals surface area contributed by atoms with Crippen LogP contribution >= 0.6 is 0 Å². The smallest absolute Gasteiger partial charge is 0.254 e. The van der Waals surface area contributed by atoms with Gasteiger partial charge in [0.15, 0.2) is 6.10 Å². The average molecular weight is 550 g/mol. The molecule has 8 nitrogen and oxygen atoms in total. The van der Waals surface area contributed by atoms with E-state index in [2.05, 4.69) is 0 Å². The SMILES string of the molecule is CC(O)(COCc1ccccc1)[C@@H](OCc1ccccc1)[C@H](O)[C@@H](OCc1ccccc1)C(=O)N1CCOCC1. The van der Waals surface area contributed by atoms with E-state index >= 15 is 0 Å². The van der Waals surface area contributed by atoms with Crippen LogP contribution in [-0.4, -0.2) is 77.8 Å². The third kappa shape index (κ3) is 8.69. The summed E-state index contributed by atoms with van der Waals surface area (Å²) in [7, 11) is 0. The Balaban J connectivity index is 1.55. The molecule has 40 heavy (non-hydrogen) atoms. The highest BCUT2D eigenvalue weighted by Gasteiger charge is 2.46. The number of carbonyl (C=O) groups excluding carboxylic acids is 1. The standard InChI is InChI=1S/C32H39NO7/c1-32(36,24-38-21-25-11-5-2-6-12-25)30(40-23-27-15-9-4-10-16-27)28(34)29(31(35)33-17-19-37-20-18-33)39-22-26-13-7-3-8-14-26/h2-16,28-30,34,36H,17-24H2,1H3/t28-,29-,30+,32?/m1/s1. The lowest BCUT2D eigenvalue weighted by Gasteiger charge is -2.39. The summed E-state index contributed by atoms with van der Waals surface area (Å²) in [5, 5.41) is 23.3. The molecule has 1 aliphatic rings. The van der Waals surface area contributed by atoms with Crippen molar-refractivity contribution in [2.45, 2.75) is 50.7 Å². The molecule has 0 radical (unpaired) electrons. The Morgan fingerprint density at radius 2 is 1.30 bits per heavy atom. The van der Waals surface area contributed by atoms with E-state index in [-0.39, 0.29) is 32.3 Å². The van der Waals surface area contributed by atoms with Crippen LogP contribution in [0.1, 0.15) is 23.6 Å². The Bertz CT molecular complexity index is 1140. The van der Waals surface area contributed by atoms with Crippen LogP contribution in [-0.2, 0) is 43.6 Å². The van der Waals surface area contributed by atoms with Gasteiger partial charge in [0, 0.05) is 13.1 Å². The molecular formula is C32H39NO7. The topological polar surface area (TPSA) is 97.7 Å². The maximum Gasteiger partial charge on any atom is 0.254 e. The van der Waals surface area contributed by atoms with E-state index < -0.39 is 23.9 Å². The molecule has 214 valence electrons. The molecule has 3 aromatic rings. The van der Waals surface area contributed by atoms with Gasteiger partial charge < -0.3 is 34.1 Å². The van der Waals surface area contributed by atoms with Crippen LogP contribution in [0.15, 0.2) is 91.0 Å². The Kier molecular flexibility index (Phi) is 11.2. The lowest BCUT2D eigenvalue weighted by Crippen LogP contribution is -2.59. The minimum Gasteiger partial charge on any atom is -0.387 e. The lowest BCUT2D eigenvalue weighted by molar-refractivity contribution is -0.206. The van der Waals surface area contributed by atoms with Gasteiger partial charge in [0.05, 0.1) is 39.6 Å².